The van der Waals surface area contributed by atoms with Crippen molar-refractivity contribution in [3.63, 3.8) is 0 Å². The smallest absolute Gasteiger partial charge is 0.135 e. The number of rotatable bonds is 2. The molecule has 0 unspecified atom stereocenters. The first-order valence-electron chi connectivity index (χ1n) is 4.71. The van der Waals surface area contributed by atoms with Gasteiger partial charge in [-0.25, -0.2) is 0 Å². The second-order valence-corrected chi connectivity index (χ2v) is 3.63. The van der Waals surface area contributed by atoms with E-state index in [0.717, 1.165) is 5.69 Å². The van der Waals surface area contributed by atoms with Gasteiger partial charge in [-0.1, -0.05) is 18.2 Å². The predicted molar refractivity (Wildman–Crippen MR) is 57.3 cm³/mol. The van der Waals surface area contributed by atoms with Crippen molar-refractivity contribution in [2.45, 2.75) is 13.3 Å². The third-order valence-electron chi connectivity index (χ3n) is 2.48. The Bertz CT molecular complexity index is 482. The van der Waals surface area contributed by atoms with Crippen LogP contribution in [-0.2, 0) is 18.3 Å². The summed E-state index contributed by atoms with van der Waals surface area (Å²) >= 11 is 0. The van der Waals surface area contributed by atoms with Crippen molar-refractivity contribution >= 4 is 16.7 Å². The summed E-state index contributed by atoms with van der Waals surface area (Å²) in [6.07, 6.45) is 0.519. The highest BCUT2D eigenvalue weighted by atomic mass is 16.1. The van der Waals surface area contributed by atoms with Gasteiger partial charge in [-0.15, -0.1) is 0 Å². The number of carbonyl (C=O) groups is 1. The molecule has 14 heavy (non-hydrogen) atoms. The maximum atomic E-state index is 11.0. The van der Waals surface area contributed by atoms with Crippen LogP contribution in [0.5, 0.6) is 0 Å². The minimum absolute atomic E-state index is 0.205. The number of aryl methyl sites for hydroxylation is 1. The zero-order chi connectivity index (χ0) is 10.1. The summed E-state index contributed by atoms with van der Waals surface area (Å²) in [6.45, 7) is 1.62. The lowest BCUT2D eigenvalue weighted by molar-refractivity contribution is -0.116. The molecule has 2 aromatic rings. The van der Waals surface area contributed by atoms with Gasteiger partial charge in [0, 0.05) is 24.7 Å². The summed E-state index contributed by atoms with van der Waals surface area (Å²) in [5, 5.41) is 1.20. The van der Waals surface area contributed by atoms with Gasteiger partial charge in [-0.05, 0) is 24.4 Å². The molecule has 2 heteroatoms. The van der Waals surface area contributed by atoms with Gasteiger partial charge in [0.1, 0.15) is 5.78 Å². The van der Waals surface area contributed by atoms with Gasteiger partial charge < -0.3 is 4.57 Å². The van der Waals surface area contributed by atoms with E-state index in [2.05, 4.69) is 22.8 Å². The van der Waals surface area contributed by atoms with E-state index in [1.165, 1.54) is 10.9 Å². The summed E-state index contributed by atoms with van der Waals surface area (Å²) in [7, 11) is 2.00. The molecule has 2 rings (SSSR count). The molecule has 0 aliphatic carbocycles. The van der Waals surface area contributed by atoms with Crippen LogP contribution >= 0.6 is 0 Å². The summed E-state index contributed by atoms with van der Waals surface area (Å²) < 4.78 is 2.08. The van der Waals surface area contributed by atoms with Crippen molar-refractivity contribution in [1.82, 2.24) is 4.57 Å². The summed E-state index contributed by atoms with van der Waals surface area (Å²) in [5.41, 5.74) is 2.27. The summed E-state index contributed by atoms with van der Waals surface area (Å²) in [6, 6.07) is 10.2. The molecule has 0 amide bonds. The molecule has 1 aromatic heterocycles. The Morgan fingerprint density at radius 3 is 2.71 bits per heavy atom. The monoisotopic (exact) mass is 187 g/mol. The molecule has 1 aromatic carbocycles. The van der Waals surface area contributed by atoms with Crippen LogP contribution in [0.1, 0.15) is 12.6 Å². The number of carbonyl (C=O) groups excluding carboxylic acids is 1. The van der Waals surface area contributed by atoms with Gasteiger partial charge in [0.25, 0.3) is 0 Å². The average molecular weight is 187 g/mol. The molecule has 2 nitrogen and oxygen atoms in total. The van der Waals surface area contributed by atoms with Gasteiger partial charge in [-0.3, -0.25) is 4.79 Å². The standard InChI is InChI=1S/C12H13NO/c1-9(14)7-11-8-10-5-3-4-6-12(10)13(11)2/h3-6,8H,7H2,1-2H3. The SMILES string of the molecule is CC(=O)Cc1cc2ccccc2n1C. The largest absolute Gasteiger partial charge is 0.347 e. The van der Waals surface area contributed by atoms with Crippen LogP contribution in [0.25, 0.3) is 10.9 Å². The average Bonchev–Trinajstić information content (AvgIpc) is 2.44. The van der Waals surface area contributed by atoms with Gasteiger partial charge in [-0.2, -0.15) is 0 Å². The van der Waals surface area contributed by atoms with Crippen LogP contribution in [0.15, 0.2) is 30.3 Å². The highest BCUT2D eigenvalue weighted by molar-refractivity contribution is 5.84. The van der Waals surface area contributed by atoms with Gasteiger partial charge in [0.15, 0.2) is 0 Å². The minimum atomic E-state index is 0.205. The van der Waals surface area contributed by atoms with Crippen molar-refractivity contribution < 1.29 is 4.79 Å². The molecular weight excluding hydrogens is 174 g/mol. The molecule has 0 aliphatic heterocycles. The maximum Gasteiger partial charge on any atom is 0.135 e. The zero-order valence-electron chi connectivity index (χ0n) is 8.45. The van der Waals surface area contributed by atoms with E-state index in [1.807, 2.05) is 19.2 Å². The Kier molecular flexibility index (Phi) is 2.12. The van der Waals surface area contributed by atoms with Gasteiger partial charge in [0.05, 0.1) is 0 Å². The summed E-state index contributed by atoms with van der Waals surface area (Å²) in [4.78, 5) is 11.0. The Hall–Kier alpha value is -1.57. The van der Waals surface area contributed by atoms with Crippen LogP contribution in [0.2, 0.25) is 0 Å². The molecule has 1 heterocycles. The lowest BCUT2D eigenvalue weighted by Gasteiger charge is -2.00. The van der Waals surface area contributed by atoms with Crippen molar-refractivity contribution in [3.05, 3.63) is 36.0 Å². The molecule has 0 saturated carbocycles. The van der Waals surface area contributed by atoms with Gasteiger partial charge >= 0.3 is 0 Å². The molecule has 0 radical (unpaired) electrons. The first-order valence-corrected chi connectivity index (χ1v) is 4.71. The molecule has 72 valence electrons. The number of nitrogens with zero attached hydrogens (tertiary/aromatic N) is 1. The molecule has 0 fully saturated rings. The number of hydrogen-bond acceptors (Lipinski definition) is 1. The first-order chi connectivity index (χ1) is 6.68. The quantitative estimate of drug-likeness (QED) is 0.707. The molecule has 0 aliphatic rings. The normalized spacial score (nSPS) is 10.7. The molecule has 0 spiro atoms. The van der Waals surface area contributed by atoms with Gasteiger partial charge in [0.2, 0.25) is 0 Å². The highest BCUT2D eigenvalue weighted by Crippen LogP contribution is 2.18. The van der Waals surface area contributed by atoms with E-state index < -0.39 is 0 Å². The number of Topliss-reactive ketones (excluding diaryl/α,β-unsaturated/α-hetero) is 1. The first kappa shape index (κ1) is 9.00. The molecule has 0 bridgehead atoms. The Morgan fingerprint density at radius 2 is 2.07 bits per heavy atom. The fourth-order valence-electron chi connectivity index (χ4n) is 1.77. The second kappa shape index (κ2) is 3.29. The van der Waals surface area contributed by atoms with E-state index in [0.29, 0.717) is 6.42 Å². The third kappa shape index (κ3) is 1.43. The Balaban J connectivity index is 2.57. The lowest BCUT2D eigenvalue weighted by Crippen LogP contribution is -2.02. The lowest BCUT2D eigenvalue weighted by atomic mass is 10.2. The van der Waals surface area contributed by atoms with Crippen LogP contribution in [0, 0.1) is 0 Å². The Labute approximate surface area is 83.2 Å². The molecule has 0 saturated heterocycles. The van der Waals surface area contributed by atoms with E-state index in [-0.39, 0.29) is 5.78 Å². The minimum Gasteiger partial charge on any atom is -0.347 e. The number of fused-ring (bicyclic) bond motifs is 1. The molecule has 0 N–H and O–H groups in total. The van der Waals surface area contributed by atoms with E-state index in [1.54, 1.807) is 6.92 Å². The Morgan fingerprint density at radius 1 is 1.36 bits per heavy atom. The number of para-hydroxylation sites is 1. The highest BCUT2D eigenvalue weighted by Gasteiger charge is 2.06. The van der Waals surface area contributed by atoms with Crippen molar-refractivity contribution in [2.24, 2.45) is 7.05 Å². The van der Waals surface area contributed by atoms with E-state index in [9.17, 15) is 4.79 Å². The number of aromatic nitrogens is 1. The van der Waals surface area contributed by atoms with E-state index in [4.69, 9.17) is 0 Å². The molecular formula is C12H13NO. The van der Waals surface area contributed by atoms with Crippen LogP contribution < -0.4 is 0 Å². The predicted octanol–water partition coefficient (Wildman–Crippen LogP) is 2.31. The van der Waals surface area contributed by atoms with Crippen molar-refractivity contribution in [3.8, 4) is 0 Å². The zero-order valence-corrected chi connectivity index (χ0v) is 8.45. The third-order valence-corrected chi connectivity index (χ3v) is 2.48. The molecule has 0 atom stereocenters. The van der Waals surface area contributed by atoms with Crippen molar-refractivity contribution in [1.29, 1.82) is 0 Å². The van der Waals surface area contributed by atoms with E-state index >= 15 is 0 Å². The number of hydrogen-bond donors (Lipinski definition) is 0. The van der Waals surface area contributed by atoms with Crippen LogP contribution in [0.4, 0.5) is 0 Å². The fourth-order valence-corrected chi connectivity index (χ4v) is 1.77. The maximum absolute atomic E-state index is 11.0. The number of ketones is 1. The van der Waals surface area contributed by atoms with Crippen LogP contribution in [0.3, 0.4) is 0 Å². The second-order valence-electron chi connectivity index (χ2n) is 3.63. The summed E-state index contributed by atoms with van der Waals surface area (Å²) in [5.74, 6) is 0.205. The fraction of sp³-hybridized carbons (Fsp3) is 0.250. The van der Waals surface area contributed by atoms with Crippen LogP contribution in [-0.4, -0.2) is 10.4 Å². The van der Waals surface area contributed by atoms with Crippen molar-refractivity contribution in [2.75, 3.05) is 0 Å². The topological polar surface area (TPSA) is 22.0 Å². The number of benzene rings is 1.